The van der Waals surface area contributed by atoms with Crippen molar-refractivity contribution in [2.45, 2.75) is 38.1 Å². The first kappa shape index (κ1) is 39.5. The SMILES string of the molecule is CC(=O)c1cccc(CBr)c1F.CC(=O)c1cccc(COc2ccc(C(F)(F)F)cc2Cl)c1F.Oc1ccc(C(F)(F)F)cc1Cl. The number of benzene rings is 4. The fraction of sp³-hybridized carbons (Fsp3) is 0.188. The third kappa shape index (κ3) is 11.5. The molecule has 0 aliphatic rings. The van der Waals surface area contributed by atoms with Gasteiger partial charge in [-0.3, -0.25) is 9.59 Å². The van der Waals surface area contributed by atoms with Gasteiger partial charge in [0.1, 0.15) is 29.7 Å². The van der Waals surface area contributed by atoms with Gasteiger partial charge in [0.05, 0.1) is 32.3 Å². The number of hydrogen-bond acceptors (Lipinski definition) is 4. The molecule has 0 saturated heterocycles. The number of carbonyl (C=O) groups excluding carboxylic acids is 2. The molecule has 47 heavy (non-hydrogen) atoms. The monoisotopic (exact) mass is 772 g/mol. The van der Waals surface area contributed by atoms with Crippen molar-refractivity contribution in [3.05, 3.63) is 128 Å². The lowest BCUT2D eigenvalue weighted by atomic mass is 10.1. The van der Waals surface area contributed by atoms with Crippen molar-refractivity contribution < 1.29 is 54.6 Å². The van der Waals surface area contributed by atoms with E-state index >= 15 is 0 Å². The smallest absolute Gasteiger partial charge is 0.416 e. The van der Waals surface area contributed by atoms with E-state index < -0.39 is 40.9 Å². The Labute approximate surface area is 282 Å². The minimum atomic E-state index is -4.51. The van der Waals surface area contributed by atoms with Crippen molar-refractivity contribution >= 4 is 50.7 Å². The summed E-state index contributed by atoms with van der Waals surface area (Å²) in [5.41, 5.74) is -1.07. The van der Waals surface area contributed by atoms with Gasteiger partial charge in [0.25, 0.3) is 0 Å². The summed E-state index contributed by atoms with van der Waals surface area (Å²) in [6.45, 7) is 2.32. The lowest BCUT2D eigenvalue weighted by Gasteiger charge is -2.12. The van der Waals surface area contributed by atoms with Crippen molar-refractivity contribution in [2.24, 2.45) is 0 Å². The van der Waals surface area contributed by atoms with Crippen LogP contribution in [0, 0.1) is 11.6 Å². The van der Waals surface area contributed by atoms with Gasteiger partial charge in [0.15, 0.2) is 11.6 Å². The minimum Gasteiger partial charge on any atom is -0.506 e. The summed E-state index contributed by atoms with van der Waals surface area (Å²) in [5.74, 6) is -2.17. The van der Waals surface area contributed by atoms with Crippen molar-refractivity contribution in [3.63, 3.8) is 0 Å². The fourth-order valence-corrected chi connectivity index (χ4v) is 4.40. The zero-order valence-electron chi connectivity index (χ0n) is 24.2. The van der Waals surface area contributed by atoms with Crippen LogP contribution in [-0.4, -0.2) is 16.7 Å². The van der Waals surface area contributed by atoms with E-state index in [1.807, 2.05) is 0 Å². The number of Topliss-reactive ketones (excluding diaryl/α,β-unsaturated/α-hetero) is 2. The number of hydrogen-bond donors (Lipinski definition) is 1. The second-order valence-corrected chi connectivity index (χ2v) is 10.8. The predicted octanol–water partition coefficient (Wildman–Crippen LogP) is 11.3. The summed E-state index contributed by atoms with van der Waals surface area (Å²) in [6, 6.07) is 14.0. The van der Waals surface area contributed by atoms with E-state index in [1.165, 1.54) is 38.1 Å². The van der Waals surface area contributed by atoms with Gasteiger partial charge < -0.3 is 9.84 Å². The summed E-state index contributed by atoms with van der Waals surface area (Å²) in [6.07, 6.45) is -8.93. The Morgan fingerprint density at radius 3 is 1.60 bits per heavy atom. The molecular weight excluding hydrogens is 751 g/mol. The van der Waals surface area contributed by atoms with Crippen LogP contribution in [0.2, 0.25) is 10.0 Å². The molecule has 0 aliphatic heterocycles. The van der Waals surface area contributed by atoms with Crippen molar-refractivity contribution in [3.8, 4) is 11.5 Å². The lowest BCUT2D eigenvalue weighted by molar-refractivity contribution is -0.138. The van der Waals surface area contributed by atoms with Gasteiger partial charge in [-0.25, -0.2) is 8.78 Å². The number of phenolic OH excluding ortho intramolecular Hbond substituents is 1. The molecule has 0 aliphatic carbocycles. The third-order valence-corrected chi connectivity index (χ3v) is 7.18. The molecule has 0 heterocycles. The second kappa shape index (κ2) is 16.9. The second-order valence-electron chi connectivity index (χ2n) is 9.40. The van der Waals surface area contributed by atoms with E-state index in [9.17, 15) is 44.7 Å². The average molecular weight is 774 g/mol. The molecule has 0 amide bonds. The van der Waals surface area contributed by atoms with Crippen LogP contribution in [0.15, 0.2) is 72.8 Å². The first-order valence-electron chi connectivity index (χ1n) is 13.0. The van der Waals surface area contributed by atoms with Gasteiger partial charge in [-0.2, -0.15) is 26.3 Å². The van der Waals surface area contributed by atoms with Crippen LogP contribution in [0.3, 0.4) is 0 Å². The molecule has 0 bridgehead atoms. The predicted molar refractivity (Wildman–Crippen MR) is 164 cm³/mol. The van der Waals surface area contributed by atoms with Crippen LogP contribution in [0.25, 0.3) is 0 Å². The molecule has 0 atom stereocenters. The first-order chi connectivity index (χ1) is 21.8. The third-order valence-electron chi connectivity index (χ3n) is 5.98. The molecule has 4 nitrogen and oxygen atoms in total. The van der Waals surface area contributed by atoms with Gasteiger partial charge >= 0.3 is 12.4 Å². The highest BCUT2D eigenvalue weighted by molar-refractivity contribution is 9.08. The van der Waals surface area contributed by atoms with E-state index in [4.69, 9.17) is 33.0 Å². The van der Waals surface area contributed by atoms with Gasteiger partial charge in [-0.1, -0.05) is 63.4 Å². The summed E-state index contributed by atoms with van der Waals surface area (Å²) >= 11 is 14.2. The topological polar surface area (TPSA) is 63.6 Å². The van der Waals surface area contributed by atoms with Crippen LogP contribution >= 0.6 is 39.1 Å². The molecule has 0 aromatic heterocycles. The van der Waals surface area contributed by atoms with Gasteiger partial charge in [0.2, 0.25) is 0 Å². The Morgan fingerprint density at radius 1 is 0.723 bits per heavy atom. The molecule has 4 rings (SSSR count). The highest BCUT2D eigenvalue weighted by atomic mass is 79.9. The Bertz CT molecular complexity index is 1730. The number of carbonyl (C=O) groups is 2. The molecule has 0 saturated carbocycles. The Kier molecular flexibility index (Phi) is 14.2. The molecule has 0 radical (unpaired) electrons. The Balaban J connectivity index is 0.000000270. The summed E-state index contributed by atoms with van der Waals surface area (Å²) < 4.78 is 106. The van der Waals surface area contributed by atoms with E-state index in [0.29, 0.717) is 17.0 Å². The van der Waals surface area contributed by atoms with Crippen LogP contribution < -0.4 is 4.74 Å². The summed E-state index contributed by atoms with van der Waals surface area (Å²) in [5, 5.41) is 8.71. The maximum absolute atomic E-state index is 14.1. The van der Waals surface area contributed by atoms with Crippen molar-refractivity contribution in [1.29, 1.82) is 0 Å². The number of aromatic hydroxyl groups is 1. The summed E-state index contributed by atoms with van der Waals surface area (Å²) in [4.78, 5) is 22.1. The number of ketones is 2. The molecule has 252 valence electrons. The lowest BCUT2D eigenvalue weighted by Crippen LogP contribution is -2.06. The molecular formula is C32H23BrCl2F8O4. The first-order valence-corrected chi connectivity index (χ1v) is 14.8. The highest BCUT2D eigenvalue weighted by Gasteiger charge is 2.31. The highest BCUT2D eigenvalue weighted by Crippen LogP contribution is 2.35. The van der Waals surface area contributed by atoms with E-state index in [-0.39, 0.29) is 50.6 Å². The zero-order chi connectivity index (χ0) is 35.7. The number of phenols is 1. The van der Waals surface area contributed by atoms with E-state index in [1.54, 1.807) is 12.1 Å². The summed E-state index contributed by atoms with van der Waals surface area (Å²) in [7, 11) is 0. The number of halogens is 11. The standard InChI is InChI=1S/C16H11ClF4O2.C9H8BrFO.C7H4ClF3O/c1-9(22)12-4-2-3-10(15(12)18)8-23-14-6-5-11(7-13(14)17)16(19,20)21;1-6(12)8-4-2-3-7(5-10)9(8)11;8-5-3-4(7(9,10)11)1-2-6(5)12/h2-7H,8H2,1H3;2-4H,5H2,1H3;1-3,12H. The average Bonchev–Trinajstić information content (AvgIpc) is 2.98. The molecule has 0 spiro atoms. The van der Waals surface area contributed by atoms with Gasteiger partial charge in [-0.05, 0) is 67.9 Å². The largest absolute Gasteiger partial charge is 0.506 e. The van der Waals surface area contributed by atoms with Gasteiger partial charge in [-0.15, -0.1) is 0 Å². The van der Waals surface area contributed by atoms with E-state index in [2.05, 4.69) is 15.9 Å². The fourth-order valence-electron chi connectivity index (χ4n) is 3.55. The van der Waals surface area contributed by atoms with Crippen LogP contribution in [0.4, 0.5) is 35.1 Å². The maximum atomic E-state index is 14.1. The van der Waals surface area contributed by atoms with Crippen molar-refractivity contribution in [2.75, 3.05) is 0 Å². The zero-order valence-corrected chi connectivity index (χ0v) is 27.3. The van der Waals surface area contributed by atoms with Crippen LogP contribution in [0.1, 0.15) is 56.8 Å². The maximum Gasteiger partial charge on any atom is 0.416 e. The van der Waals surface area contributed by atoms with E-state index in [0.717, 1.165) is 30.3 Å². The number of ether oxygens (including phenoxy) is 1. The minimum absolute atomic E-state index is 0.00713. The molecule has 15 heteroatoms. The normalized spacial score (nSPS) is 11.1. The van der Waals surface area contributed by atoms with Crippen LogP contribution in [0.5, 0.6) is 11.5 Å². The van der Waals surface area contributed by atoms with Gasteiger partial charge in [0, 0.05) is 10.9 Å². The molecule has 0 fully saturated rings. The number of alkyl halides is 7. The van der Waals surface area contributed by atoms with Crippen molar-refractivity contribution in [1.82, 2.24) is 0 Å². The Hall–Kier alpha value is -3.68. The Morgan fingerprint density at radius 2 is 1.17 bits per heavy atom. The molecule has 4 aromatic rings. The number of rotatable bonds is 6. The molecule has 1 N–H and O–H groups in total. The quantitative estimate of drug-likeness (QED) is 0.120. The molecule has 4 aromatic carbocycles. The molecule has 0 unspecified atom stereocenters. The van der Waals surface area contributed by atoms with Crippen LogP contribution in [-0.2, 0) is 24.3 Å².